The third kappa shape index (κ3) is 2.20. The van der Waals surface area contributed by atoms with Crippen LogP contribution in [0.2, 0.25) is 0 Å². The maximum atomic E-state index is 12.4. The Morgan fingerprint density at radius 1 is 1.55 bits per heavy atom. The Bertz CT molecular complexity index is 563. The first kappa shape index (κ1) is 13.2. The van der Waals surface area contributed by atoms with Gasteiger partial charge in [0.05, 0.1) is 11.8 Å². The van der Waals surface area contributed by atoms with E-state index in [-0.39, 0.29) is 11.9 Å². The number of rotatable bonds is 2. The molecule has 1 atom stereocenters. The highest BCUT2D eigenvalue weighted by Crippen LogP contribution is 2.37. The molecule has 5 nitrogen and oxygen atoms in total. The van der Waals surface area contributed by atoms with Gasteiger partial charge < -0.3 is 9.88 Å². The fourth-order valence-corrected chi connectivity index (χ4v) is 3.40. The maximum Gasteiger partial charge on any atom is 0.240 e. The molecule has 0 bridgehead atoms. The Morgan fingerprint density at radius 3 is 3.00 bits per heavy atom. The van der Waals surface area contributed by atoms with Gasteiger partial charge in [-0.3, -0.25) is 4.79 Å². The molecule has 0 radical (unpaired) electrons. The molecular formula is C15H20N4O. The predicted octanol–water partition coefficient (Wildman–Crippen LogP) is 1.71. The number of hydrogen-bond donors (Lipinski definition) is 1. The van der Waals surface area contributed by atoms with E-state index in [4.69, 9.17) is 0 Å². The van der Waals surface area contributed by atoms with E-state index in [1.165, 1.54) is 0 Å². The van der Waals surface area contributed by atoms with Crippen LogP contribution in [0.3, 0.4) is 0 Å². The van der Waals surface area contributed by atoms with Crippen molar-refractivity contribution in [2.24, 2.45) is 5.41 Å². The molecule has 1 aliphatic carbocycles. The van der Waals surface area contributed by atoms with Gasteiger partial charge in [-0.15, -0.1) is 0 Å². The number of nitrogens with zero attached hydrogens (tertiary/aromatic N) is 3. The molecule has 0 unspecified atom stereocenters. The molecule has 2 heterocycles. The van der Waals surface area contributed by atoms with E-state index < -0.39 is 5.41 Å². The first-order valence-electron chi connectivity index (χ1n) is 7.38. The summed E-state index contributed by atoms with van der Waals surface area (Å²) in [7, 11) is 0. The van der Waals surface area contributed by atoms with Crippen molar-refractivity contribution in [2.75, 3.05) is 0 Å². The number of fused-ring (bicyclic) bond motifs is 1. The first-order chi connectivity index (χ1) is 9.63. The van der Waals surface area contributed by atoms with Crippen LogP contribution < -0.4 is 5.32 Å². The summed E-state index contributed by atoms with van der Waals surface area (Å²) in [5.41, 5.74) is 0.252. The van der Waals surface area contributed by atoms with E-state index in [1.807, 2.05) is 13.1 Å². The monoisotopic (exact) mass is 272 g/mol. The maximum absolute atomic E-state index is 12.4. The van der Waals surface area contributed by atoms with Crippen LogP contribution >= 0.6 is 0 Å². The predicted molar refractivity (Wildman–Crippen MR) is 73.7 cm³/mol. The largest absolute Gasteiger partial charge is 0.350 e. The van der Waals surface area contributed by atoms with Crippen LogP contribution in [0, 0.1) is 23.7 Å². The number of nitriles is 1. The highest BCUT2D eigenvalue weighted by molar-refractivity contribution is 5.86. The topological polar surface area (TPSA) is 70.7 Å². The first-order valence-corrected chi connectivity index (χ1v) is 7.38. The van der Waals surface area contributed by atoms with Crippen molar-refractivity contribution >= 4 is 5.91 Å². The molecule has 1 fully saturated rings. The molecule has 1 aliphatic heterocycles. The molecule has 0 saturated heterocycles. The Balaban J connectivity index is 1.67. The lowest BCUT2D eigenvalue weighted by Gasteiger charge is -2.28. The van der Waals surface area contributed by atoms with Crippen molar-refractivity contribution in [3.8, 4) is 6.07 Å². The Labute approximate surface area is 119 Å². The number of aromatic nitrogens is 2. The molecule has 3 rings (SSSR count). The SMILES string of the molecule is Cc1cn2c(n1)CC[C@H](NC(=O)C1(C#N)CCCC1)C2. The van der Waals surface area contributed by atoms with Crippen molar-refractivity contribution in [2.45, 2.75) is 58.0 Å². The lowest BCUT2D eigenvalue weighted by Crippen LogP contribution is -2.47. The van der Waals surface area contributed by atoms with Crippen molar-refractivity contribution in [1.82, 2.24) is 14.9 Å². The highest BCUT2D eigenvalue weighted by atomic mass is 16.2. The van der Waals surface area contributed by atoms with Gasteiger partial charge in [0.15, 0.2) is 0 Å². The Morgan fingerprint density at radius 2 is 2.30 bits per heavy atom. The van der Waals surface area contributed by atoms with Crippen molar-refractivity contribution in [1.29, 1.82) is 5.26 Å². The average molecular weight is 272 g/mol. The molecule has 1 saturated carbocycles. The van der Waals surface area contributed by atoms with Gasteiger partial charge in [-0.25, -0.2) is 4.98 Å². The fourth-order valence-electron chi connectivity index (χ4n) is 3.40. The number of imidazole rings is 1. The van der Waals surface area contributed by atoms with Gasteiger partial charge in [0.25, 0.3) is 0 Å². The Kier molecular flexibility index (Phi) is 3.25. The van der Waals surface area contributed by atoms with Crippen molar-refractivity contribution < 1.29 is 4.79 Å². The summed E-state index contributed by atoms with van der Waals surface area (Å²) < 4.78 is 2.12. The molecule has 2 aliphatic rings. The summed E-state index contributed by atoms with van der Waals surface area (Å²) in [5, 5.41) is 12.4. The summed E-state index contributed by atoms with van der Waals surface area (Å²) in [6.45, 7) is 2.76. The van der Waals surface area contributed by atoms with Crippen LogP contribution in [0.1, 0.15) is 43.6 Å². The van der Waals surface area contributed by atoms with E-state index in [9.17, 15) is 10.1 Å². The summed E-state index contributed by atoms with van der Waals surface area (Å²) in [6, 6.07) is 2.38. The minimum atomic E-state index is -0.773. The highest BCUT2D eigenvalue weighted by Gasteiger charge is 2.42. The lowest BCUT2D eigenvalue weighted by atomic mass is 9.86. The third-order valence-corrected chi connectivity index (χ3v) is 4.55. The van der Waals surface area contributed by atoms with Gasteiger partial charge in [-0.1, -0.05) is 12.8 Å². The van der Waals surface area contributed by atoms with Gasteiger partial charge in [0.1, 0.15) is 11.2 Å². The number of aryl methyl sites for hydroxylation is 2. The van der Waals surface area contributed by atoms with Crippen molar-refractivity contribution in [3.63, 3.8) is 0 Å². The van der Waals surface area contributed by atoms with Crippen LogP contribution in [0.4, 0.5) is 0 Å². The van der Waals surface area contributed by atoms with Crippen LogP contribution in [0.15, 0.2) is 6.20 Å². The lowest BCUT2D eigenvalue weighted by molar-refractivity contribution is -0.128. The molecule has 1 aromatic heterocycles. The van der Waals surface area contributed by atoms with Crippen molar-refractivity contribution in [3.05, 3.63) is 17.7 Å². The number of hydrogen-bond acceptors (Lipinski definition) is 3. The van der Waals surface area contributed by atoms with Crippen LogP contribution in [-0.4, -0.2) is 21.5 Å². The molecule has 1 aromatic rings. The van der Waals surface area contributed by atoms with E-state index in [1.54, 1.807) is 0 Å². The number of nitrogens with one attached hydrogen (secondary N) is 1. The number of amides is 1. The van der Waals surface area contributed by atoms with Gasteiger partial charge in [-0.05, 0) is 26.2 Å². The summed E-state index contributed by atoms with van der Waals surface area (Å²) in [5.74, 6) is 1.03. The van der Waals surface area contributed by atoms with Gasteiger partial charge in [-0.2, -0.15) is 5.26 Å². The molecular weight excluding hydrogens is 252 g/mol. The van der Waals surface area contributed by atoms with E-state index in [2.05, 4.69) is 20.9 Å². The molecule has 0 aromatic carbocycles. The van der Waals surface area contributed by atoms with E-state index >= 15 is 0 Å². The number of carbonyl (C=O) groups excluding carboxylic acids is 1. The molecule has 1 amide bonds. The molecule has 0 spiro atoms. The van der Waals surface area contributed by atoms with Gasteiger partial charge >= 0.3 is 0 Å². The van der Waals surface area contributed by atoms with Crippen LogP contribution in [-0.2, 0) is 17.8 Å². The fraction of sp³-hybridized carbons (Fsp3) is 0.667. The third-order valence-electron chi connectivity index (χ3n) is 4.55. The summed E-state index contributed by atoms with van der Waals surface area (Å²) >= 11 is 0. The summed E-state index contributed by atoms with van der Waals surface area (Å²) in [6.07, 6.45) is 7.20. The van der Waals surface area contributed by atoms with Gasteiger partial charge in [0.2, 0.25) is 5.91 Å². The molecule has 5 heteroatoms. The smallest absolute Gasteiger partial charge is 0.240 e. The normalized spacial score (nSPS) is 23.9. The summed E-state index contributed by atoms with van der Waals surface area (Å²) in [4.78, 5) is 16.9. The van der Waals surface area contributed by atoms with Gasteiger partial charge in [0, 0.05) is 25.2 Å². The standard InChI is InChI=1S/C15H20N4O/c1-11-8-19-9-12(4-5-13(19)17-11)18-14(20)15(10-16)6-2-3-7-15/h8,12H,2-7,9H2,1H3,(H,18,20)/t12-/m0/s1. The second kappa shape index (κ2) is 4.93. The zero-order valence-electron chi connectivity index (χ0n) is 11.9. The minimum absolute atomic E-state index is 0.0669. The van der Waals surface area contributed by atoms with E-state index in [0.717, 1.165) is 43.7 Å². The Hall–Kier alpha value is -1.83. The minimum Gasteiger partial charge on any atom is -0.350 e. The van der Waals surface area contributed by atoms with Crippen LogP contribution in [0.5, 0.6) is 0 Å². The quantitative estimate of drug-likeness (QED) is 0.891. The zero-order chi connectivity index (χ0) is 14.2. The molecule has 106 valence electrons. The molecule has 20 heavy (non-hydrogen) atoms. The average Bonchev–Trinajstić information content (AvgIpc) is 3.04. The second-order valence-electron chi connectivity index (χ2n) is 6.06. The van der Waals surface area contributed by atoms with Crippen LogP contribution in [0.25, 0.3) is 0 Å². The zero-order valence-corrected chi connectivity index (χ0v) is 11.9. The second-order valence-corrected chi connectivity index (χ2v) is 6.06. The molecule has 1 N–H and O–H groups in total. The van der Waals surface area contributed by atoms with E-state index in [0.29, 0.717) is 12.8 Å². The number of carbonyl (C=O) groups is 1.